The van der Waals surface area contributed by atoms with E-state index in [9.17, 15) is 50.8 Å². The third kappa shape index (κ3) is 6.78. The lowest BCUT2D eigenvalue weighted by molar-refractivity contribution is -0.277. The molecule has 0 radical (unpaired) electrons. The van der Waals surface area contributed by atoms with Crippen molar-refractivity contribution < 1.29 is 79.2 Å². The molecule has 9 N–H and O–H groups in total. The monoisotopic (exact) mass is 614 g/mol. The van der Waals surface area contributed by atoms with Gasteiger partial charge in [0.05, 0.1) is 20.3 Å². The van der Waals surface area contributed by atoms with Gasteiger partial charge in [0.25, 0.3) is 0 Å². The SMILES string of the molecule is COc1c(O)ccc(O[C@@H]2O[C@H](CO)[C@@H](O)[C@H](O)[C@H]2O)c1C(=O)OCc1ccccc1O[C@@H]1O[C@H](CO)[C@@H](O)[C@H](O)[C@H]1O. The first-order valence-corrected chi connectivity index (χ1v) is 13.1. The van der Waals surface area contributed by atoms with Crippen LogP contribution in [0.1, 0.15) is 15.9 Å². The molecule has 2 heterocycles. The summed E-state index contributed by atoms with van der Waals surface area (Å²) in [6.45, 7) is -1.84. The van der Waals surface area contributed by atoms with Gasteiger partial charge in [-0.05, 0) is 18.2 Å². The van der Waals surface area contributed by atoms with Gasteiger partial charge in [-0.3, -0.25) is 0 Å². The molecule has 16 nitrogen and oxygen atoms in total. The quantitative estimate of drug-likeness (QED) is 0.122. The molecule has 0 amide bonds. The molecule has 10 atom stereocenters. The fourth-order valence-electron chi connectivity index (χ4n) is 4.58. The molecule has 2 fully saturated rings. The van der Waals surface area contributed by atoms with E-state index < -0.39 is 98.5 Å². The largest absolute Gasteiger partial charge is 0.504 e. The average molecular weight is 615 g/mol. The third-order valence-electron chi connectivity index (χ3n) is 7.02. The van der Waals surface area contributed by atoms with Crippen LogP contribution in [-0.4, -0.2) is 134 Å². The van der Waals surface area contributed by atoms with Gasteiger partial charge in [-0.2, -0.15) is 0 Å². The first kappa shape index (κ1) is 32.6. The van der Waals surface area contributed by atoms with Crippen LogP contribution < -0.4 is 14.2 Å². The van der Waals surface area contributed by atoms with Crippen LogP contribution in [0.4, 0.5) is 0 Å². The Labute approximate surface area is 244 Å². The highest BCUT2D eigenvalue weighted by Gasteiger charge is 2.46. The second-order valence-corrected chi connectivity index (χ2v) is 9.81. The summed E-state index contributed by atoms with van der Waals surface area (Å²) in [4.78, 5) is 13.3. The molecule has 0 aliphatic carbocycles. The molecule has 0 saturated carbocycles. The molecule has 238 valence electrons. The molecule has 0 unspecified atom stereocenters. The lowest BCUT2D eigenvalue weighted by Gasteiger charge is -2.39. The van der Waals surface area contributed by atoms with Gasteiger partial charge in [0.15, 0.2) is 11.5 Å². The van der Waals surface area contributed by atoms with Gasteiger partial charge in [0, 0.05) is 5.56 Å². The highest BCUT2D eigenvalue weighted by atomic mass is 16.7. The second-order valence-electron chi connectivity index (χ2n) is 9.81. The third-order valence-corrected chi connectivity index (χ3v) is 7.02. The number of esters is 1. The van der Waals surface area contributed by atoms with Gasteiger partial charge in [-0.1, -0.05) is 18.2 Å². The summed E-state index contributed by atoms with van der Waals surface area (Å²) >= 11 is 0. The maximum absolute atomic E-state index is 13.3. The van der Waals surface area contributed by atoms with Crippen LogP contribution in [0.25, 0.3) is 0 Å². The molecule has 2 saturated heterocycles. The Kier molecular flexibility index (Phi) is 10.6. The van der Waals surface area contributed by atoms with Crippen LogP contribution in [-0.2, 0) is 20.8 Å². The highest BCUT2D eigenvalue weighted by Crippen LogP contribution is 2.39. The van der Waals surface area contributed by atoms with Crippen LogP contribution in [0.3, 0.4) is 0 Å². The molecule has 2 aliphatic heterocycles. The van der Waals surface area contributed by atoms with Gasteiger partial charge in [-0.25, -0.2) is 4.79 Å². The molecule has 16 heteroatoms. The normalized spacial score (nSPS) is 32.6. The van der Waals surface area contributed by atoms with Crippen LogP contribution in [0, 0.1) is 0 Å². The number of benzene rings is 2. The number of phenols is 1. The van der Waals surface area contributed by atoms with Gasteiger partial charge in [0.1, 0.15) is 72.5 Å². The molecular weight excluding hydrogens is 580 g/mol. The minimum atomic E-state index is -1.80. The molecule has 0 spiro atoms. The molecule has 43 heavy (non-hydrogen) atoms. The maximum atomic E-state index is 13.3. The van der Waals surface area contributed by atoms with Gasteiger partial charge < -0.3 is 74.4 Å². The standard InChI is InChI=1S/C27H34O16/c1-38-24-12(30)6-7-14(41-27-23(36)21(34)19(32)16(9-29)43-27)17(24)25(37)39-10-11-4-2-3-5-13(11)40-26-22(35)20(33)18(31)15(8-28)42-26/h2-7,15-16,18-23,26-36H,8-10H2,1H3/t15-,16-,18-,19-,20+,21+,22-,23-,26-,27-/m1/s1. The van der Waals surface area contributed by atoms with Gasteiger partial charge in [0.2, 0.25) is 12.6 Å². The van der Waals surface area contributed by atoms with E-state index in [-0.39, 0.29) is 22.8 Å². The van der Waals surface area contributed by atoms with Crippen molar-refractivity contribution in [1.82, 2.24) is 0 Å². The predicted octanol–water partition coefficient (Wildman–Crippen LogP) is -2.88. The highest BCUT2D eigenvalue weighted by molar-refractivity contribution is 5.96. The van der Waals surface area contributed by atoms with Gasteiger partial charge >= 0.3 is 5.97 Å². The van der Waals surface area contributed by atoms with Crippen LogP contribution >= 0.6 is 0 Å². The van der Waals surface area contributed by atoms with E-state index in [1.54, 1.807) is 12.1 Å². The number of rotatable bonds is 10. The van der Waals surface area contributed by atoms with Crippen molar-refractivity contribution in [2.24, 2.45) is 0 Å². The molecule has 2 aliphatic rings. The van der Waals surface area contributed by atoms with Crippen molar-refractivity contribution >= 4 is 5.97 Å². The second kappa shape index (κ2) is 14.0. The summed E-state index contributed by atoms with van der Waals surface area (Å²) in [5.74, 6) is -2.18. The molecule has 0 aromatic heterocycles. The number of ether oxygens (including phenoxy) is 6. The summed E-state index contributed by atoms with van der Waals surface area (Å²) in [6.07, 6.45) is -15.8. The van der Waals surface area contributed by atoms with Crippen molar-refractivity contribution in [2.45, 2.75) is 68.0 Å². The number of para-hydroxylation sites is 1. The van der Waals surface area contributed by atoms with Crippen molar-refractivity contribution in [1.29, 1.82) is 0 Å². The maximum Gasteiger partial charge on any atom is 0.346 e. The summed E-state index contributed by atoms with van der Waals surface area (Å²) in [5, 5.41) is 90.1. The average Bonchev–Trinajstić information content (AvgIpc) is 3.01. The zero-order chi connectivity index (χ0) is 31.4. The summed E-state index contributed by atoms with van der Waals surface area (Å²) < 4.78 is 32.6. The summed E-state index contributed by atoms with van der Waals surface area (Å²) in [6, 6.07) is 8.39. The predicted molar refractivity (Wildman–Crippen MR) is 139 cm³/mol. The number of hydrogen-bond donors (Lipinski definition) is 9. The Balaban J connectivity index is 1.54. The number of phenolic OH excluding ortho intramolecular Hbond substituents is 1. The smallest absolute Gasteiger partial charge is 0.346 e. The Morgan fingerprint density at radius 2 is 1.28 bits per heavy atom. The van der Waals surface area contributed by atoms with Crippen LogP contribution in [0.5, 0.6) is 23.0 Å². The Bertz CT molecular complexity index is 1240. The Morgan fingerprint density at radius 3 is 1.81 bits per heavy atom. The molecule has 0 bridgehead atoms. The zero-order valence-electron chi connectivity index (χ0n) is 22.7. The molecular formula is C27H34O16. The number of methoxy groups -OCH3 is 1. The van der Waals surface area contributed by atoms with E-state index in [1.165, 1.54) is 12.1 Å². The fourth-order valence-corrected chi connectivity index (χ4v) is 4.58. The first-order valence-electron chi connectivity index (χ1n) is 13.1. The van der Waals surface area contributed by atoms with Gasteiger partial charge in [-0.15, -0.1) is 0 Å². The fraction of sp³-hybridized carbons (Fsp3) is 0.519. The number of aliphatic hydroxyl groups is 8. The van der Waals surface area contributed by atoms with E-state index in [0.717, 1.165) is 19.2 Å². The number of carbonyl (C=O) groups excluding carboxylic acids is 1. The lowest BCUT2D eigenvalue weighted by atomic mass is 9.99. The number of aromatic hydroxyl groups is 1. The summed E-state index contributed by atoms with van der Waals surface area (Å²) in [7, 11) is 1.16. The van der Waals surface area contributed by atoms with E-state index in [2.05, 4.69) is 0 Å². The van der Waals surface area contributed by atoms with Crippen molar-refractivity contribution in [3.05, 3.63) is 47.5 Å². The minimum Gasteiger partial charge on any atom is -0.504 e. The Hall–Kier alpha value is -3.29. The number of carbonyl (C=O) groups is 1. The summed E-state index contributed by atoms with van der Waals surface area (Å²) in [5.41, 5.74) is -0.185. The molecule has 2 aromatic rings. The van der Waals surface area contributed by atoms with E-state index >= 15 is 0 Å². The van der Waals surface area contributed by atoms with Crippen molar-refractivity contribution in [2.75, 3.05) is 20.3 Å². The van der Waals surface area contributed by atoms with E-state index in [1.807, 2.05) is 0 Å². The Morgan fingerprint density at radius 1 is 0.744 bits per heavy atom. The topological polar surface area (TPSA) is 255 Å². The lowest BCUT2D eigenvalue weighted by Crippen LogP contribution is -2.60. The number of hydrogen-bond acceptors (Lipinski definition) is 16. The van der Waals surface area contributed by atoms with E-state index in [0.29, 0.717) is 0 Å². The first-order chi connectivity index (χ1) is 20.5. The molecule has 4 rings (SSSR count). The van der Waals surface area contributed by atoms with Crippen LogP contribution in [0.15, 0.2) is 36.4 Å². The zero-order valence-corrected chi connectivity index (χ0v) is 22.7. The van der Waals surface area contributed by atoms with E-state index in [4.69, 9.17) is 28.4 Å². The van der Waals surface area contributed by atoms with Crippen molar-refractivity contribution in [3.8, 4) is 23.0 Å². The minimum absolute atomic E-state index is 0.0558. The van der Waals surface area contributed by atoms with Crippen molar-refractivity contribution in [3.63, 3.8) is 0 Å². The number of aliphatic hydroxyl groups excluding tert-OH is 8. The molecule has 2 aromatic carbocycles. The van der Waals surface area contributed by atoms with Crippen LogP contribution in [0.2, 0.25) is 0 Å².